The molecule has 0 aliphatic heterocycles. The van der Waals surface area contributed by atoms with Gasteiger partial charge >= 0.3 is 0 Å². The zero-order valence-electron chi connectivity index (χ0n) is 13.1. The minimum absolute atomic E-state index is 0.155. The van der Waals surface area contributed by atoms with Gasteiger partial charge in [0.1, 0.15) is 11.6 Å². The molecule has 3 heteroatoms. The van der Waals surface area contributed by atoms with Crippen LogP contribution < -0.4 is 5.73 Å². The van der Waals surface area contributed by atoms with Crippen LogP contribution in [0.2, 0.25) is 0 Å². The van der Waals surface area contributed by atoms with E-state index in [0.717, 1.165) is 28.6 Å². The van der Waals surface area contributed by atoms with Crippen molar-refractivity contribution in [3.63, 3.8) is 0 Å². The van der Waals surface area contributed by atoms with Crippen molar-refractivity contribution in [2.75, 3.05) is 5.73 Å². The number of benzene rings is 2. The predicted octanol–water partition coefficient (Wildman–Crippen LogP) is 4.77. The van der Waals surface area contributed by atoms with Gasteiger partial charge < -0.3 is 10.2 Å². The molecular weight excluding hydrogens is 296 g/mol. The van der Waals surface area contributed by atoms with E-state index in [9.17, 15) is 0 Å². The maximum absolute atomic E-state index is 6.27. The summed E-state index contributed by atoms with van der Waals surface area (Å²) in [6.45, 7) is 0. The first-order valence-electron chi connectivity index (χ1n) is 8.12. The summed E-state index contributed by atoms with van der Waals surface area (Å²) in [5.41, 5.74) is 10.9. The topological polar surface area (TPSA) is 52.0 Å². The number of nitrogen functional groups attached to an aromatic ring is 1. The second kappa shape index (κ2) is 4.96. The molecule has 0 saturated carbocycles. The zero-order valence-corrected chi connectivity index (χ0v) is 13.1. The Morgan fingerprint density at radius 3 is 2.54 bits per heavy atom. The van der Waals surface area contributed by atoms with E-state index in [0.29, 0.717) is 5.82 Å². The lowest BCUT2D eigenvalue weighted by Gasteiger charge is -2.27. The zero-order chi connectivity index (χ0) is 16.1. The lowest BCUT2D eigenvalue weighted by Crippen LogP contribution is -2.15. The molecular formula is C21H16N2O. The molecule has 1 aliphatic carbocycles. The van der Waals surface area contributed by atoms with E-state index in [-0.39, 0.29) is 5.92 Å². The van der Waals surface area contributed by atoms with E-state index >= 15 is 0 Å². The highest BCUT2D eigenvalue weighted by Crippen LogP contribution is 2.45. The van der Waals surface area contributed by atoms with Gasteiger partial charge in [0.2, 0.25) is 0 Å². The van der Waals surface area contributed by atoms with E-state index < -0.39 is 0 Å². The molecule has 5 rings (SSSR count). The van der Waals surface area contributed by atoms with Crippen LogP contribution in [0.25, 0.3) is 22.0 Å². The number of aromatic nitrogens is 1. The molecule has 3 nitrogen and oxygen atoms in total. The van der Waals surface area contributed by atoms with Crippen molar-refractivity contribution in [1.82, 2.24) is 4.98 Å². The van der Waals surface area contributed by atoms with Gasteiger partial charge in [0.05, 0.1) is 12.0 Å². The van der Waals surface area contributed by atoms with Crippen LogP contribution in [-0.2, 0) is 6.42 Å². The van der Waals surface area contributed by atoms with E-state index in [1.54, 1.807) is 6.26 Å². The van der Waals surface area contributed by atoms with Crippen molar-refractivity contribution < 1.29 is 4.42 Å². The standard InChI is InChI=1S/C21H16N2O/c22-21-16-9-4-3-8-15(16)19-17(18-10-5-11-24-18)12-13-6-1-2-7-14(13)20(19)23-21/h1-11,17H,12H2,(H2,22,23)/t17-/m1/s1. The van der Waals surface area contributed by atoms with E-state index in [2.05, 4.69) is 36.4 Å². The Balaban J connectivity index is 1.91. The fraction of sp³-hybridized carbons (Fsp3) is 0.0952. The first-order chi connectivity index (χ1) is 11.8. The molecule has 24 heavy (non-hydrogen) atoms. The lowest BCUT2D eigenvalue weighted by molar-refractivity contribution is 0.483. The molecule has 0 saturated heterocycles. The van der Waals surface area contributed by atoms with Crippen LogP contribution in [-0.4, -0.2) is 4.98 Å². The maximum atomic E-state index is 6.27. The van der Waals surface area contributed by atoms with Gasteiger partial charge in [-0.1, -0.05) is 48.5 Å². The first-order valence-corrected chi connectivity index (χ1v) is 8.12. The first kappa shape index (κ1) is 13.4. The minimum Gasteiger partial charge on any atom is -0.469 e. The number of anilines is 1. The largest absolute Gasteiger partial charge is 0.469 e. The van der Waals surface area contributed by atoms with E-state index in [1.807, 2.05) is 24.3 Å². The number of nitrogens with zero attached hydrogens (tertiary/aromatic N) is 1. The average Bonchev–Trinajstić information content (AvgIpc) is 3.16. The van der Waals surface area contributed by atoms with Crippen LogP contribution in [0.4, 0.5) is 5.82 Å². The van der Waals surface area contributed by atoms with Gasteiger partial charge in [-0.25, -0.2) is 4.98 Å². The van der Waals surface area contributed by atoms with Gasteiger partial charge in [0, 0.05) is 16.9 Å². The van der Waals surface area contributed by atoms with Gasteiger partial charge in [-0.2, -0.15) is 0 Å². The third-order valence-electron chi connectivity index (χ3n) is 4.91. The van der Waals surface area contributed by atoms with Crippen molar-refractivity contribution in [2.24, 2.45) is 0 Å². The number of furan rings is 1. The fourth-order valence-electron chi connectivity index (χ4n) is 3.85. The summed E-state index contributed by atoms with van der Waals surface area (Å²) in [6.07, 6.45) is 2.65. The number of nitrogens with two attached hydrogens (primary N) is 1. The monoisotopic (exact) mass is 312 g/mol. The Morgan fingerprint density at radius 2 is 1.71 bits per heavy atom. The molecule has 2 aromatic heterocycles. The van der Waals surface area contributed by atoms with Crippen molar-refractivity contribution in [2.45, 2.75) is 12.3 Å². The number of fused-ring (bicyclic) bond motifs is 5. The second-order valence-electron chi connectivity index (χ2n) is 6.23. The molecule has 0 fully saturated rings. The molecule has 116 valence electrons. The van der Waals surface area contributed by atoms with E-state index in [1.165, 1.54) is 16.7 Å². The minimum atomic E-state index is 0.155. The third-order valence-corrected chi connectivity index (χ3v) is 4.91. The predicted molar refractivity (Wildman–Crippen MR) is 95.8 cm³/mol. The van der Waals surface area contributed by atoms with Gasteiger partial charge in [0.15, 0.2) is 0 Å². The fourth-order valence-corrected chi connectivity index (χ4v) is 3.85. The molecule has 1 aliphatic rings. The van der Waals surface area contributed by atoms with Crippen molar-refractivity contribution in [3.05, 3.63) is 83.8 Å². The number of hydrogen-bond acceptors (Lipinski definition) is 3. The Labute approximate surface area is 139 Å². The smallest absolute Gasteiger partial charge is 0.131 e. The summed E-state index contributed by atoms with van der Waals surface area (Å²) in [6, 6.07) is 20.7. The Morgan fingerprint density at radius 1 is 0.917 bits per heavy atom. The summed E-state index contributed by atoms with van der Waals surface area (Å²) in [7, 11) is 0. The Kier molecular flexibility index (Phi) is 2.77. The number of rotatable bonds is 1. The van der Waals surface area contributed by atoms with Crippen molar-refractivity contribution >= 4 is 16.6 Å². The van der Waals surface area contributed by atoms with E-state index in [4.69, 9.17) is 15.1 Å². The molecule has 0 radical (unpaired) electrons. The van der Waals surface area contributed by atoms with Gasteiger partial charge in [-0.3, -0.25) is 0 Å². The third kappa shape index (κ3) is 1.81. The summed E-state index contributed by atoms with van der Waals surface area (Å²) in [5.74, 6) is 1.71. The number of hydrogen-bond donors (Lipinski definition) is 1. The van der Waals surface area contributed by atoms with Crippen LogP contribution >= 0.6 is 0 Å². The molecule has 0 amide bonds. The van der Waals surface area contributed by atoms with Crippen LogP contribution in [0.1, 0.15) is 22.8 Å². The highest BCUT2D eigenvalue weighted by Gasteiger charge is 2.30. The molecule has 2 heterocycles. The molecule has 2 N–H and O–H groups in total. The summed E-state index contributed by atoms with van der Waals surface area (Å²) < 4.78 is 5.76. The molecule has 0 unspecified atom stereocenters. The normalized spacial score (nSPS) is 15.9. The Bertz CT molecular complexity index is 1050. The Hall–Kier alpha value is -3.07. The van der Waals surface area contributed by atoms with Crippen LogP contribution in [0, 0.1) is 0 Å². The average molecular weight is 312 g/mol. The molecule has 1 atom stereocenters. The quantitative estimate of drug-likeness (QED) is 0.551. The van der Waals surface area contributed by atoms with Gasteiger partial charge in [0.25, 0.3) is 0 Å². The highest BCUT2D eigenvalue weighted by atomic mass is 16.3. The van der Waals surface area contributed by atoms with Gasteiger partial charge in [-0.15, -0.1) is 0 Å². The van der Waals surface area contributed by atoms with Gasteiger partial charge in [-0.05, 0) is 35.1 Å². The maximum Gasteiger partial charge on any atom is 0.131 e. The summed E-state index contributed by atoms with van der Waals surface area (Å²) in [4.78, 5) is 4.78. The molecule has 0 spiro atoms. The lowest BCUT2D eigenvalue weighted by atomic mass is 9.78. The van der Waals surface area contributed by atoms with Crippen LogP contribution in [0.3, 0.4) is 0 Å². The highest BCUT2D eigenvalue weighted by molar-refractivity contribution is 5.98. The molecule has 0 bridgehead atoms. The van der Waals surface area contributed by atoms with Crippen LogP contribution in [0.5, 0.6) is 0 Å². The summed E-state index contributed by atoms with van der Waals surface area (Å²) in [5, 5.41) is 2.17. The SMILES string of the molecule is Nc1nc2c(c3ccccc13)[C@@H](c1ccco1)Cc1ccccc1-2. The molecule has 2 aromatic carbocycles. The molecule has 4 aromatic rings. The summed E-state index contributed by atoms with van der Waals surface area (Å²) >= 11 is 0. The van der Waals surface area contributed by atoms with Crippen molar-refractivity contribution in [3.8, 4) is 11.3 Å². The second-order valence-corrected chi connectivity index (χ2v) is 6.23. The van der Waals surface area contributed by atoms with Crippen molar-refractivity contribution in [1.29, 1.82) is 0 Å². The van der Waals surface area contributed by atoms with Crippen LogP contribution in [0.15, 0.2) is 71.3 Å². The number of pyridine rings is 1.